The molecule has 1 aromatic carbocycles. The highest BCUT2D eigenvalue weighted by Crippen LogP contribution is 2.18. The van der Waals surface area contributed by atoms with Crippen LogP contribution in [-0.2, 0) is 0 Å². The Balaban J connectivity index is 2.06. The highest BCUT2D eigenvalue weighted by atomic mass is 16.6. The molecule has 2 rings (SSSR count). The van der Waals surface area contributed by atoms with Gasteiger partial charge in [0.05, 0.1) is 23.6 Å². The molecule has 0 heterocycles. The van der Waals surface area contributed by atoms with Crippen LogP contribution < -0.4 is 10.3 Å². The predicted octanol–water partition coefficient (Wildman–Crippen LogP) is 0.974. The number of hydrogen-bond donors (Lipinski definition) is 2. The van der Waals surface area contributed by atoms with Crippen molar-refractivity contribution in [2.24, 2.45) is 0 Å². The summed E-state index contributed by atoms with van der Waals surface area (Å²) in [7, 11) is 1.87. The van der Waals surface area contributed by atoms with Crippen molar-refractivity contribution in [2.75, 3.05) is 7.05 Å². The third kappa shape index (κ3) is 3.53. The monoisotopic (exact) mass is 262 g/mol. The minimum Gasteiger partial charge on any atom is -0.277 e. The van der Waals surface area contributed by atoms with Crippen molar-refractivity contribution in [3.8, 4) is 0 Å². The summed E-state index contributed by atoms with van der Waals surface area (Å²) < 4.78 is 0. The first kappa shape index (κ1) is 13.5. The predicted molar refractivity (Wildman–Crippen MR) is 74.1 cm³/mol. The van der Waals surface area contributed by atoms with E-state index in [4.69, 9.17) is 0 Å². The summed E-state index contributed by atoms with van der Waals surface area (Å²) in [5, 5.41) is 14.1. The van der Waals surface area contributed by atoms with Gasteiger partial charge in [-0.25, -0.2) is 0 Å². The maximum atomic E-state index is 10.6. The molecule has 19 heavy (non-hydrogen) atoms. The van der Waals surface area contributed by atoms with Gasteiger partial charge in [-0.05, 0) is 37.8 Å². The summed E-state index contributed by atoms with van der Waals surface area (Å²) in [6.45, 7) is 0. The van der Waals surface area contributed by atoms with Gasteiger partial charge in [-0.1, -0.05) is 6.42 Å². The maximum Gasteiger partial charge on any atom is 0.274 e. The van der Waals surface area contributed by atoms with E-state index in [1.54, 1.807) is 12.1 Å². The van der Waals surface area contributed by atoms with Crippen molar-refractivity contribution >= 4 is 11.5 Å². The van der Waals surface area contributed by atoms with E-state index >= 15 is 0 Å². The first-order valence-corrected chi connectivity index (χ1v) is 6.77. The van der Waals surface area contributed by atoms with Crippen LogP contribution in [0.1, 0.15) is 37.7 Å². The Morgan fingerprint density at radius 2 is 1.89 bits per heavy atom. The summed E-state index contributed by atoms with van der Waals surface area (Å²) in [6.07, 6.45) is 6.25. The first-order valence-electron chi connectivity index (χ1n) is 6.77. The van der Waals surface area contributed by atoms with Crippen LogP contribution in [0.25, 0.3) is 0 Å². The molecule has 5 heteroatoms. The zero-order valence-electron chi connectivity index (χ0n) is 11.2. The van der Waals surface area contributed by atoms with Crippen molar-refractivity contribution in [1.82, 2.24) is 5.32 Å². The quantitative estimate of drug-likeness (QED) is 0.369. The number of nitro groups is 1. The van der Waals surface area contributed by atoms with Crippen LogP contribution in [0.15, 0.2) is 24.3 Å². The lowest BCUT2D eigenvalue weighted by atomic mass is 9.95. The second-order valence-electron chi connectivity index (χ2n) is 4.91. The van der Waals surface area contributed by atoms with Gasteiger partial charge in [-0.3, -0.25) is 20.4 Å². The standard InChI is InChI=1S/C14H19N3O2/c1-15-14(16-12-5-3-2-4-6-12)11-7-9-13(10-8-11)17(18)19/h7-10,12H,2-6H2,1H3,(H,15,16)/p+1. The molecule has 0 spiro atoms. The van der Waals surface area contributed by atoms with E-state index < -0.39 is 0 Å². The summed E-state index contributed by atoms with van der Waals surface area (Å²) in [5.41, 5.74) is 1.08. The molecule has 1 saturated carbocycles. The minimum absolute atomic E-state index is 0.122. The molecular weight excluding hydrogens is 242 g/mol. The van der Waals surface area contributed by atoms with Crippen LogP contribution in [0.5, 0.6) is 0 Å². The van der Waals surface area contributed by atoms with Gasteiger partial charge in [-0.15, -0.1) is 0 Å². The summed E-state index contributed by atoms with van der Waals surface area (Å²) in [6, 6.07) is 7.13. The van der Waals surface area contributed by atoms with E-state index in [1.165, 1.54) is 44.2 Å². The van der Waals surface area contributed by atoms with E-state index in [1.807, 2.05) is 7.05 Å². The zero-order chi connectivity index (χ0) is 13.7. The Bertz CT molecular complexity index is 462. The number of non-ortho nitro benzene ring substituents is 1. The van der Waals surface area contributed by atoms with Gasteiger partial charge >= 0.3 is 0 Å². The van der Waals surface area contributed by atoms with Gasteiger partial charge in [0, 0.05) is 12.1 Å². The average Bonchev–Trinajstić information content (AvgIpc) is 2.46. The van der Waals surface area contributed by atoms with Crippen molar-refractivity contribution in [3.05, 3.63) is 39.9 Å². The molecular formula is C14H20N3O2+. The van der Waals surface area contributed by atoms with Crippen LogP contribution in [0.2, 0.25) is 0 Å². The molecule has 1 aliphatic carbocycles. The van der Waals surface area contributed by atoms with Crippen LogP contribution in [0, 0.1) is 10.1 Å². The molecule has 2 N–H and O–H groups in total. The number of benzene rings is 1. The van der Waals surface area contributed by atoms with E-state index in [2.05, 4.69) is 10.3 Å². The average molecular weight is 262 g/mol. The Morgan fingerprint density at radius 3 is 2.42 bits per heavy atom. The van der Waals surface area contributed by atoms with Crippen LogP contribution in [0.3, 0.4) is 0 Å². The van der Waals surface area contributed by atoms with Crippen molar-refractivity contribution in [2.45, 2.75) is 38.1 Å². The zero-order valence-corrected chi connectivity index (χ0v) is 11.2. The number of nitrogens with one attached hydrogen (secondary N) is 2. The smallest absolute Gasteiger partial charge is 0.274 e. The molecule has 1 aliphatic rings. The van der Waals surface area contributed by atoms with E-state index in [0.29, 0.717) is 6.04 Å². The fraction of sp³-hybridized carbons (Fsp3) is 0.500. The SMILES string of the molecule is C[NH+]=C(NC1CCCCC1)c1ccc([N+](=O)[O-])cc1. The normalized spacial score (nSPS) is 17.2. The fourth-order valence-corrected chi connectivity index (χ4v) is 2.50. The molecule has 0 bridgehead atoms. The van der Waals surface area contributed by atoms with Gasteiger partial charge in [-0.2, -0.15) is 0 Å². The second kappa shape index (κ2) is 6.31. The molecule has 0 amide bonds. The van der Waals surface area contributed by atoms with E-state index in [0.717, 1.165) is 11.4 Å². The molecule has 0 atom stereocenters. The third-order valence-corrected chi connectivity index (χ3v) is 3.57. The second-order valence-corrected chi connectivity index (χ2v) is 4.91. The lowest BCUT2D eigenvalue weighted by Crippen LogP contribution is -2.72. The molecule has 0 unspecified atom stereocenters. The first-order chi connectivity index (χ1) is 9.20. The van der Waals surface area contributed by atoms with E-state index in [9.17, 15) is 10.1 Å². The van der Waals surface area contributed by atoms with Gasteiger partial charge in [0.15, 0.2) is 0 Å². The van der Waals surface area contributed by atoms with Crippen molar-refractivity contribution < 1.29 is 9.92 Å². The lowest BCUT2D eigenvalue weighted by molar-refractivity contribution is -0.421. The third-order valence-electron chi connectivity index (χ3n) is 3.57. The maximum absolute atomic E-state index is 10.6. The van der Waals surface area contributed by atoms with Gasteiger partial charge in [0.25, 0.3) is 11.5 Å². The largest absolute Gasteiger partial charge is 0.277 e. The van der Waals surface area contributed by atoms with Crippen LogP contribution >= 0.6 is 0 Å². The number of amidine groups is 1. The summed E-state index contributed by atoms with van der Waals surface area (Å²) in [4.78, 5) is 13.4. The number of hydrogen-bond acceptors (Lipinski definition) is 2. The molecule has 102 valence electrons. The Hall–Kier alpha value is -1.91. The van der Waals surface area contributed by atoms with Crippen molar-refractivity contribution in [3.63, 3.8) is 0 Å². The minimum atomic E-state index is -0.378. The molecule has 1 aromatic rings. The molecule has 0 radical (unpaired) electrons. The fourth-order valence-electron chi connectivity index (χ4n) is 2.50. The van der Waals surface area contributed by atoms with Crippen LogP contribution in [0.4, 0.5) is 5.69 Å². The summed E-state index contributed by atoms with van der Waals surface area (Å²) in [5.74, 6) is 0.946. The van der Waals surface area contributed by atoms with Crippen LogP contribution in [-0.4, -0.2) is 23.8 Å². The highest BCUT2D eigenvalue weighted by molar-refractivity contribution is 5.94. The lowest BCUT2D eigenvalue weighted by Gasteiger charge is -2.19. The Labute approximate surface area is 112 Å². The molecule has 0 aliphatic heterocycles. The molecule has 0 aromatic heterocycles. The van der Waals surface area contributed by atoms with Gasteiger partial charge in [0.1, 0.15) is 0 Å². The summed E-state index contributed by atoms with van der Waals surface area (Å²) >= 11 is 0. The van der Waals surface area contributed by atoms with E-state index in [-0.39, 0.29) is 10.6 Å². The number of nitrogens with zero attached hydrogens (tertiary/aromatic N) is 1. The van der Waals surface area contributed by atoms with Crippen molar-refractivity contribution in [1.29, 1.82) is 0 Å². The Kier molecular flexibility index (Phi) is 4.49. The topological polar surface area (TPSA) is 69.1 Å². The number of nitro benzene ring substituents is 1. The van der Waals surface area contributed by atoms with Gasteiger partial charge in [0.2, 0.25) is 0 Å². The highest BCUT2D eigenvalue weighted by Gasteiger charge is 2.20. The molecule has 1 fully saturated rings. The molecule has 0 saturated heterocycles. The number of rotatable bonds is 3. The van der Waals surface area contributed by atoms with Gasteiger partial charge < -0.3 is 0 Å². The Morgan fingerprint density at radius 1 is 1.26 bits per heavy atom. The molecule has 5 nitrogen and oxygen atoms in total.